The molecule has 5 heteroatoms. The van der Waals surface area contributed by atoms with Crippen LogP contribution in [0.3, 0.4) is 0 Å². The normalized spacial score (nSPS) is 32.5. The van der Waals surface area contributed by atoms with Gasteiger partial charge in [-0.05, 0) is 38.3 Å². The molecule has 1 amide bonds. The summed E-state index contributed by atoms with van der Waals surface area (Å²) in [7, 11) is 0. The molecule has 3 aliphatic heterocycles. The molecule has 1 N–H and O–H groups in total. The van der Waals surface area contributed by atoms with Crippen molar-refractivity contribution in [2.24, 2.45) is 5.92 Å². The van der Waals surface area contributed by atoms with E-state index in [9.17, 15) is 4.79 Å². The van der Waals surface area contributed by atoms with Crippen LogP contribution < -0.4 is 5.32 Å². The van der Waals surface area contributed by atoms with E-state index in [0.29, 0.717) is 19.1 Å². The Bertz CT molecular complexity index is 325. The van der Waals surface area contributed by atoms with Crippen LogP contribution in [0.4, 0.5) is 0 Å². The first-order valence-corrected chi connectivity index (χ1v) is 8.16. The lowest BCUT2D eigenvalue weighted by atomic mass is 10.1. The third-order valence-electron chi connectivity index (χ3n) is 4.77. The van der Waals surface area contributed by atoms with E-state index in [1.165, 1.54) is 38.9 Å². The first-order chi connectivity index (χ1) is 9.83. The third kappa shape index (κ3) is 3.51. The molecule has 5 nitrogen and oxygen atoms in total. The second-order valence-electron chi connectivity index (χ2n) is 6.36. The van der Waals surface area contributed by atoms with Crippen LogP contribution in [0, 0.1) is 5.92 Å². The molecule has 0 bridgehead atoms. The van der Waals surface area contributed by atoms with Crippen LogP contribution in [0.25, 0.3) is 0 Å². The molecule has 3 rings (SSSR count). The maximum absolute atomic E-state index is 12.4. The van der Waals surface area contributed by atoms with Crippen molar-refractivity contribution in [2.45, 2.75) is 31.8 Å². The van der Waals surface area contributed by atoms with Gasteiger partial charge < -0.3 is 19.9 Å². The molecule has 20 heavy (non-hydrogen) atoms. The molecule has 2 atom stereocenters. The average molecular weight is 281 g/mol. The first-order valence-electron chi connectivity index (χ1n) is 8.16. The van der Waals surface area contributed by atoms with E-state index in [2.05, 4.69) is 10.2 Å². The molecule has 3 saturated heterocycles. The number of hydrogen-bond donors (Lipinski definition) is 1. The number of carbonyl (C=O) groups excluding carboxylic acids is 1. The van der Waals surface area contributed by atoms with E-state index in [1.807, 2.05) is 4.90 Å². The predicted molar refractivity (Wildman–Crippen MR) is 77.6 cm³/mol. The van der Waals surface area contributed by atoms with Crippen molar-refractivity contribution in [3.8, 4) is 0 Å². The van der Waals surface area contributed by atoms with Gasteiger partial charge in [-0.15, -0.1) is 0 Å². The number of morpholine rings is 1. The van der Waals surface area contributed by atoms with Crippen molar-refractivity contribution in [3.63, 3.8) is 0 Å². The lowest BCUT2D eigenvalue weighted by molar-refractivity contribution is -0.144. The average Bonchev–Trinajstić information content (AvgIpc) is 2.97. The van der Waals surface area contributed by atoms with Gasteiger partial charge in [0.25, 0.3) is 5.91 Å². The summed E-state index contributed by atoms with van der Waals surface area (Å²) in [5.41, 5.74) is 0. The second kappa shape index (κ2) is 6.87. The van der Waals surface area contributed by atoms with Gasteiger partial charge in [0.1, 0.15) is 6.10 Å². The highest BCUT2D eigenvalue weighted by molar-refractivity contribution is 5.81. The molecule has 3 heterocycles. The fourth-order valence-corrected chi connectivity index (χ4v) is 3.62. The van der Waals surface area contributed by atoms with Gasteiger partial charge in [0.2, 0.25) is 0 Å². The minimum absolute atomic E-state index is 0.193. The third-order valence-corrected chi connectivity index (χ3v) is 4.77. The SMILES string of the molecule is O=C(C1CNCCO1)N1CCC(CN2CCCCC2)C1. The maximum atomic E-state index is 12.4. The number of nitrogens with one attached hydrogen (secondary N) is 1. The zero-order chi connectivity index (χ0) is 13.8. The number of rotatable bonds is 3. The minimum atomic E-state index is -0.252. The Morgan fingerprint density at radius 2 is 2.05 bits per heavy atom. The Kier molecular flexibility index (Phi) is 4.91. The molecule has 3 aliphatic rings. The lowest BCUT2D eigenvalue weighted by Crippen LogP contribution is -2.49. The zero-order valence-electron chi connectivity index (χ0n) is 12.4. The summed E-state index contributed by atoms with van der Waals surface area (Å²) in [6, 6.07) is 0. The van der Waals surface area contributed by atoms with Crippen LogP contribution in [-0.4, -0.2) is 74.2 Å². The number of hydrogen-bond acceptors (Lipinski definition) is 4. The summed E-state index contributed by atoms with van der Waals surface area (Å²) in [5, 5.41) is 3.24. The van der Waals surface area contributed by atoms with Crippen LogP contribution in [0.2, 0.25) is 0 Å². The van der Waals surface area contributed by atoms with E-state index in [4.69, 9.17) is 4.74 Å². The Morgan fingerprint density at radius 3 is 2.80 bits per heavy atom. The molecule has 0 saturated carbocycles. The number of amides is 1. The van der Waals surface area contributed by atoms with Crippen LogP contribution >= 0.6 is 0 Å². The van der Waals surface area contributed by atoms with Crippen molar-refractivity contribution in [1.29, 1.82) is 0 Å². The fraction of sp³-hybridized carbons (Fsp3) is 0.933. The molecule has 0 spiro atoms. The van der Waals surface area contributed by atoms with Crippen molar-refractivity contribution >= 4 is 5.91 Å². The number of likely N-dealkylation sites (tertiary alicyclic amines) is 2. The Balaban J connectivity index is 1.44. The molecule has 3 fully saturated rings. The van der Waals surface area contributed by atoms with Gasteiger partial charge in [-0.3, -0.25) is 4.79 Å². The fourth-order valence-electron chi connectivity index (χ4n) is 3.62. The van der Waals surface area contributed by atoms with Crippen molar-refractivity contribution < 1.29 is 9.53 Å². The van der Waals surface area contributed by atoms with Gasteiger partial charge in [-0.2, -0.15) is 0 Å². The Morgan fingerprint density at radius 1 is 1.20 bits per heavy atom. The topological polar surface area (TPSA) is 44.8 Å². The quantitative estimate of drug-likeness (QED) is 0.809. The second-order valence-corrected chi connectivity index (χ2v) is 6.36. The van der Waals surface area contributed by atoms with Gasteiger partial charge in [-0.1, -0.05) is 6.42 Å². The molecule has 0 aromatic rings. The van der Waals surface area contributed by atoms with Gasteiger partial charge in [-0.25, -0.2) is 0 Å². The van der Waals surface area contributed by atoms with E-state index >= 15 is 0 Å². The number of ether oxygens (including phenoxy) is 1. The summed E-state index contributed by atoms with van der Waals surface area (Å²) in [6.07, 6.45) is 4.98. The highest BCUT2D eigenvalue weighted by Gasteiger charge is 2.32. The first kappa shape index (κ1) is 14.3. The van der Waals surface area contributed by atoms with Crippen molar-refractivity contribution in [3.05, 3.63) is 0 Å². The molecular formula is C15H27N3O2. The monoisotopic (exact) mass is 281 g/mol. The van der Waals surface area contributed by atoms with Gasteiger partial charge in [0.05, 0.1) is 6.61 Å². The molecule has 0 aromatic carbocycles. The Labute approximate surface area is 121 Å². The van der Waals surface area contributed by atoms with Crippen LogP contribution in [0.15, 0.2) is 0 Å². The van der Waals surface area contributed by atoms with E-state index in [0.717, 1.165) is 26.1 Å². The predicted octanol–water partition coefficient (Wildman–Crippen LogP) is 0.309. The molecule has 0 radical (unpaired) electrons. The highest BCUT2D eigenvalue weighted by Crippen LogP contribution is 2.21. The van der Waals surface area contributed by atoms with Gasteiger partial charge in [0, 0.05) is 32.7 Å². The minimum Gasteiger partial charge on any atom is -0.366 e. The number of carbonyl (C=O) groups is 1. The molecule has 2 unspecified atom stereocenters. The van der Waals surface area contributed by atoms with Crippen LogP contribution in [0.1, 0.15) is 25.7 Å². The molecule has 0 aromatic heterocycles. The Hall–Kier alpha value is -0.650. The smallest absolute Gasteiger partial charge is 0.253 e. The molecule has 114 valence electrons. The summed E-state index contributed by atoms with van der Waals surface area (Å²) in [6.45, 7) is 7.70. The van der Waals surface area contributed by atoms with Crippen molar-refractivity contribution in [2.75, 3.05) is 52.4 Å². The summed E-state index contributed by atoms with van der Waals surface area (Å²) < 4.78 is 5.57. The highest BCUT2D eigenvalue weighted by atomic mass is 16.5. The van der Waals surface area contributed by atoms with Crippen LogP contribution in [-0.2, 0) is 9.53 Å². The maximum Gasteiger partial charge on any atom is 0.253 e. The summed E-state index contributed by atoms with van der Waals surface area (Å²) in [4.78, 5) is 17.0. The van der Waals surface area contributed by atoms with E-state index in [-0.39, 0.29) is 12.0 Å². The molecular weight excluding hydrogens is 254 g/mol. The van der Waals surface area contributed by atoms with E-state index < -0.39 is 0 Å². The number of piperidine rings is 1. The molecule has 0 aliphatic carbocycles. The van der Waals surface area contributed by atoms with Gasteiger partial charge in [0.15, 0.2) is 0 Å². The van der Waals surface area contributed by atoms with Crippen molar-refractivity contribution in [1.82, 2.24) is 15.1 Å². The van der Waals surface area contributed by atoms with Gasteiger partial charge >= 0.3 is 0 Å². The standard InChI is InChI=1S/C15H27N3O2/c19-15(14-10-16-5-9-20-14)18-8-4-13(12-18)11-17-6-2-1-3-7-17/h13-14,16H,1-12H2. The largest absolute Gasteiger partial charge is 0.366 e. The number of nitrogens with zero attached hydrogens (tertiary/aromatic N) is 2. The van der Waals surface area contributed by atoms with Crippen LogP contribution in [0.5, 0.6) is 0 Å². The summed E-state index contributed by atoms with van der Waals surface area (Å²) in [5.74, 6) is 0.854. The zero-order valence-corrected chi connectivity index (χ0v) is 12.4. The van der Waals surface area contributed by atoms with E-state index in [1.54, 1.807) is 0 Å². The lowest BCUT2D eigenvalue weighted by Gasteiger charge is -2.30. The summed E-state index contributed by atoms with van der Waals surface area (Å²) >= 11 is 0.